The normalized spacial score (nSPS) is 15.0. The van der Waals surface area contributed by atoms with E-state index in [9.17, 15) is 4.79 Å². The molecule has 30 heavy (non-hydrogen) atoms. The van der Waals surface area contributed by atoms with Crippen molar-refractivity contribution in [2.75, 3.05) is 12.4 Å². The summed E-state index contributed by atoms with van der Waals surface area (Å²) in [6, 6.07) is 8.72. The van der Waals surface area contributed by atoms with Crippen molar-refractivity contribution in [3.8, 4) is 0 Å². The summed E-state index contributed by atoms with van der Waals surface area (Å²) in [5, 5.41) is 7.26. The van der Waals surface area contributed by atoms with E-state index in [1.54, 1.807) is 37.0 Å². The van der Waals surface area contributed by atoms with Crippen molar-refractivity contribution >= 4 is 43.8 Å². The van der Waals surface area contributed by atoms with Crippen LogP contribution in [0.1, 0.15) is 48.0 Å². The molecule has 0 unspecified atom stereocenters. The van der Waals surface area contributed by atoms with Crippen LogP contribution in [0.3, 0.4) is 0 Å². The molecule has 0 radical (unpaired) electrons. The number of carbonyl (C=O) groups is 1. The molecule has 154 valence electrons. The molecule has 1 aliphatic rings. The predicted octanol–water partition coefficient (Wildman–Crippen LogP) is 4.19. The van der Waals surface area contributed by atoms with Crippen molar-refractivity contribution < 1.29 is 4.79 Å². The molecule has 1 saturated carbocycles. The van der Waals surface area contributed by atoms with Crippen molar-refractivity contribution in [1.82, 2.24) is 24.8 Å². The molecule has 0 atom stereocenters. The fourth-order valence-electron chi connectivity index (χ4n) is 4.08. The number of thiazole rings is 1. The van der Waals surface area contributed by atoms with Gasteiger partial charge in [-0.25, -0.2) is 15.0 Å². The topological polar surface area (TPSA) is 84.7 Å². The number of anilines is 1. The summed E-state index contributed by atoms with van der Waals surface area (Å²) in [4.78, 5) is 25.5. The standard InChI is InChI=1S/C22H24N6OS/c1-23-21(29)15-10-18-20(24-11-15)28(13-25-18)12-14-7-8-17-19(9-14)30-22(27-17)26-16-5-3-2-4-6-16/h7-11,13,16H,2-6,12H2,1H3,(H,23,29)(H,26,27). The molecule has 7 nitrogen and oxygen atoms in total. The maximum absolute atomic E-state index is 11.8. The Morgan fingerprint density at radius 2 is 2.03 bits per heavy atom. The van der Waals surface area contributed by atoms with E-state index in [1.165, 1.54) is 42.4 Å². The van der Waals surface area contributed by atoms with Gasteiger partial charge in [-0.2, -0.15) is 0 Å². The molecule has 0 aliphatic heterocycles. The number of amides is 1. The van der Waals surface area contributed by atoms with Gasteiger partial charge in [-0.1, -0.05) is 36.7 Å². The van der Waals surface area contributed by atoms with E-state index in [1.807, 2.05) is 4.57 Å². The molecule has 3 heterocycles. The van der Waals surface area contributed by atoms with Crippen molar-refractivity contribution in [1.29, 1.82) is 0 Å². The minimum absolute atomic E-state index is 0.160. The zero-order valence-corrected chi connectivity index (χ0v) is 17.7. The van der Waals surface area contributed by atoms with Crippen LogP contribution in [0, 0.1) is 0 Å². The maximum atomic E-state index is 11.8. The Morgan fingerprint density at radius 3 is 2.87 bits per heavy atom. The molecule has 1 aromatic carbocycles. The summed E-state index contributed by atoms with van der Waals surface area (Å²) in [6.07, 6.45) is 9.82. The minimum atomic E-state index is -0.160. The number of carbonyl (C=O) groups excluding carboxylic acids is 1. The predicted molar refractivity (Wildman–Crippen MR) is 120 cm³/mol. The molecule has 1 amide bonds. The van der Waals surface area contributed by atoms with Gasteiger partial charge in [0.15, 0.2) is 10.8 Å². The van der Waals surface area contributed by atoms with E-state index in [-0.39, 0.29) is 5.91 Å². The zero-order valence-electron chi connectivity index (χ0n) is 16.9. The molecule has 1 fully saturated rings. The van der Waals surface area contributed by atoms with Gasteiger partial charge in [-0.3, -0.25) is 4.79 Å². The number of nitrogens with zero attached hydrogens (tertiary/aromatic N) is 4. The Hall–Kier alpha value is -3.00. The molecule has 3 aromatic heterocycles. The monoisotopic (exact) mass is 420 g/mol. The second kappa shape index (κ2) is 8.02. The number of benzene rings is 1. The zero-order chi connectivity index (χ0) is 20.5. The number of pyridine rings is 1. The van der Waals surface area contributed by atoms with Crippen molar-refractivity contribution in [3.63, 3.8) is 0 Å². The van der Waals surface area contributed by atoms with Gasteiger partial charge in [-0.05, 0) is 36.6 Å². The number of rotatable bonds is 5. The minimum Gasteiger partial charge on any atom is -0.359 e. The van der Waals surface area contributed by atoms with Crippen LogP contribution in [0.5, 0.6) is 0 Å². The number of fused-ring (bicyclic) bond motifs is 2. The van der Waals surface area contributed by atoms with Gasteiger partial charge >= 0.3 is 0 Å². The summed E-state index contributed by atoms with van der Waals surface area (Å²) in [6.45, 7) is 0.669. The van der Waals surface area contributed by atoms with E-state index in [2.05, 4.69) is 38.8 Å². The molecule has 8 heteroatoms. The quantitative estimate of drug-likeness (QED) is 0.506. The Balaban J connectivity index is 1.36. The SMILES string of the molecule is CNC(=O)c1cnc2c(c1)ncn2Cc1ccc2nc(NC3CCCCC3)sc2c1. The Morgan fingerprint density at radius 1 is 1.17 bits per heavy atom. The van der Waals surface area contributed by atoms with Crippen LogP contribution in [-0.2, 0) is 6.54 Å². The number of hydrogen-bond acceptors (Lipinski definition) is 6. The summed E-state index contributed by atoms with van der Waals surface area (Å²) < 4.78 is 3.19. The molecule has 1 aliphatic carbocycles. The molecule has 2 N–H and O–H groups in total. The first-order valence-electron chi connectivity index (χ1n) is 10.4. The molecule has 0 spiro atoms. The second-order valence-corrected chi connectivity index (χ2v) is 8.85. The molecular formula is C22H24N6OS. The van der Waals surface area contributed by atoms with E-state index in [0.717, 1.165) is 16.3 Å². The number of imidazole rings is 1. The first-order valence-corrected chi connectivity index (χ1v) is 11.2. The van der Waals surface area contributed by atoms with E-state index < -0.39 is 0 Å². The number of aromatic nitrogens is 4. The molecule has 4 aromatic rings. The summed E-state index contributed by atoms with van der Waals surface area (Å²) in [7, 11) is 1.61. The third kappa shape index (κ3) is 3.75. The van der Waals surface area contributed by atoms with Crippen LogP contribution in [0.25, 0.3) is 21.4 Å². The van der Waals surface area contributed by atoms with Crippen LogP contribution >= 0.6 is 11.3 Å². The number of nitrogens with one attached hydrogen (secondary N) is 2. The van der Waals surface area contributed by atoms with Crippen LogP contribution in [0.2, 0.25) is 0 Å². The van der Waals surface area contributed by atoms with Crippen molar-refractivity contribution in [2.45, 2.75) is 44.7 Å². The van der Waals surface area contributed by atoms with Gasteiger partial charge in [0, 0.05) is 19.3 Å². The fourth-order valence-corrected chi connectivity index (χ4v) is 5.09. The number of hydrogen-bond donors (Lipinski definition) is 2. The Kier molecular flexibility index (Phi) is 5.08. The second-order valence-electron chi connectivity index (χ2n) is 7.82. The summed E-state index contributed by atoms with van der Waals surface area (Å²) in [5.41, 5.74) is 4.21. The fraction of sp³-hybridized carbons (Fsp3) is 0.364. The van der Waals surface area contributed by atoms with E-state index >= 15 is 0 Å². The first-order chi connectivity index (χ1) is 14.7. The van der Waals surface area contributed by atoms with Gasteiger partial charge in [-0.15, -0.1) is 0 Å². The molecule has 5 rings (SSSR count). The Bertz CT molecular complexity index is 1210. The van der Waals surface area contributed by atoms with Gasteiger partial charge in [0.25, 0.3) is 5.91 Å². The lowest BCUT2D eigenvalue weighted by Gasteiger charge is -2.22. The van der Waals surface area contributed by atoms with Gasteiger partial charge < -0.3 is 15.2 Å². The van der Waals surface area contributed by atoms with Crippen LogP contribution in [-0.4, -0.2) is 38.5 Å². The third-order valence-electron chi connectivity index (χ3n) is 5.68. The Labute approximate surface area is 178 Å². The lowest BCUT2D eigenvalue weighted by molar-refractivity contribution is 0.0963. The van der Waals surface area contributed by atoms with Crippen molar-refractivity contribution in [2.24, 2.45) is 0 Å². The third-order valence-corrected chi connectivity index (χ3v) is 6.63. The molecule has 0 saturated heterocycles. The molecular weight excluding hydrogens is 396 g/mol. The van der Waals surface area contributed by atoms with E-state index in [4.69, 9.17) is 4.98 Å². The highest BCUT2D eigenvalue weighted by Crippen LogP contribution is 2.30. The van der Waals surface area contributed by atoms with Crippen molar-refractivity contribution in [3.05, 3.63) is 47.9 Å². The lowest BCUT2D eigenvalue weighted by atomic mass is 9.96. The molecule has 0 bridgehead atoms. The highest BCUT2D eigenvalue weighted by atomic mass is 32.1. The van der Waals surface area contributed by atoms with Gasteiger partial charge in [0.05, 0.1) is 28.7 Å². The van der Waals surface area contributed by atoms with Crippen LogP contribution < -0.4 is 10.6 Å². The highest BCUT2D eigenvalue weighted by molar-refractivity contribution is 7.22. The largest absolute Gasteiger partial charge is 0.359 e. The van der Waals surface area contributed by atoms with Gasteiger partial charge in [0.2, 0.25) is 0 Å². The average Bonchev–Trinajstić information content (AvgIpc) is 3.36. The maximum Gasteiger partial charge on any atom is 0.252 e. The first kappa shape index (κ1) is 19.0. The van der Waals surface area contributed by atoms with Crippen LogP contribution in [0.4, 0.5) is 5.13 Å². The lowest BCUT2D eigenvalue weighted by Crippen LogP contribution is -2.21. The smallest absolute Gasteiger partial charge is 0.252 e. The van der Waals surface area contributed by atoms with E-state index in [0.29, 0.717) is 23.7 Å². The highest BCUT2D eigenvalue weighted by Gasteiger charge is 2.15. The average molecular weight is 421 g/mol. The van der Waals surface area contributed by atoms with Crippen LogP contribution in [0.15, 0.2) is 36.8 Å². The summed E-state index contributed by atoms with van der Waals surface area (Å²) >= 11 is 1.72. The van der Waals surface area contributed by atoms with Gasteiger partial charge in [0.1, 0.15) is 5.52 Å². The summed E-state index contributed by atoms with van der Waals surface area (Å²) in [5.74, 6) is -0.160.